The third kappa shape index (κ3) is 5.11. The largest absolute Gasteiger partial charge is 0.441 e. The Morgan fingerprint density at radius 2 is 2.00 bits per heavy atom. The highest BCUT2D eigenvalue weighted by atomic mass is 19.1. The zero-order chi connectivity index (χ0) is 23.3. The Morgan fingerprint density at radius 3 is 2.59 bits per heavy atom. The average Bonchev–Trinajstić information content (AvgIpc) is 3.22. The van der Waals surface area contributed by atoms with Gasteiger partial charge in [-0.3, -0.25) is 9.48 Å². The minimum Gasteiger partial charge on any atom is -0.441 e. The van der Waals surface area contributed by atoms with Gasteiger partial charge >= 0.3 is 6.09 Å². The summed E-state index contributed by atoms with van der Waals surface area (Å²) in [4.78, 5) is 25.4. The van der Waals surface area contributed by atoms with Crippen molar-refractivity contribution in [1.29, 1.82) is 5.26 Å². The summed E-state index contributed by atoms with van der Waals surface area (Å²) in [5.74, 6) is -1.69. The lowest BCUT2D eigenvalue weighted by molar-refractivity contribution is 0.0266. The molecule has 3 rings (SSSR count). The SMILES string of the molecule is N#C[C@@H]1CCN(C(=O)OC(CF)CF)CC1n1cc(C(N)=O)c(Nc2ccc(F)cc2)n1. The maximum absolute atomic E-state index is 13.2. The number of aromatic nitrogens is 2. The first-order chi connectivity index (χ1) is 15.4. The molecule has 170 valence electrons. The molecule has 1 aromatic carbocycles. The summed E-state index contributed by atoms with van der Waals surface area (Å²) in [6.45, 7) is -2.18. The van der Waals surface area contributed by atoms with Gasteiger partial charge in [-0.25, -0.2) is 18.0 Å². The Labute approximate surface area is 181 Å². The Hall–Kier alpha value is -3.75. The van der Waals surface area contributed by atoms with Crippen molar-refractivity contribution >= 4 is 23.5 Å². The van der Waals surface area contributed by atoms with Crippen LogP contribution >= 0.6 is 0 Å². The molecule has 0 spiro atoms. The number of piperidine rings is 1. The predicted molar refractivity (Wildman–Crippen MR) is 107 cm³/mol. The topological polar surface area (TPSA) is 126 Å². The van der Waals surface area contributed by atoms with Crippen LogP contribution in [0.1, 0.15) is 22.8 Å². The van der Waals surface area contributed by atoms with Crippen molar-refractivity contribution in [1.82, 2.24) is 14.7 Å². The van der Waals surface area contributed by atoms with Crippen LogP contribution in [0.2, 0.25) is 0 Å². The maximum atomic E-state index is 13.2. The Kier molecular flexibility index (Phi) is 7.19. The van der Waals surface area contributed by atoms with E-state index >= 15 is 0 Å². The van der Waals surface area contributed by atoms with Crippen LogP contribution in [-0.4, -0.2) is 59.2 Å². The minimum absolute atomic E-state index is 0.0284. The van der Waals surface area contributed by atoms with E-state index in [0.29, 0.717) is 5.69 Å². The van der Waals surface area contributed by atoms with E-state index in [1.54, 1.807) is 0 Å². The molecular formula is C20H21F3N6O3. The Morgan fingerprint density at radius 1 is 1.31 bits per heavy atom. The van der Waals surface area contributed by atoms with Gasteiger partial charge in [0, 0.05) is 25.0 Å². The van der Waals surface area contributed by atoms with E-state index in [1.165, 1.54) is 40.0 Å². The number of carbonyl (C=O) groups is 2. The van der Waals surface area contributed by atoms with Gasteiger partial charge in [0.2, 0.25) is 0 Å². The van der Waals surface area contributed by atoms with Gasteiger partial charge in [-0.1, -0.05) is 0 Å². The van der Waals surface area contributed by atoms with Crippen LogP contribution in [0.5, 0.6) is 0 Å². The van der Waals surface area contributed by atoms with Crippen LogP contribution in [0.25, 0.3) is 0 Å². The molecule has 0 bridgehead atoms. The van der Waals surface area contributed by atoms with Crippen molar-refractivity contribution in [2.75, 3.05) is 31.8 Å². The van der Waals surface area contributed by atoms with E-state index in [0.717, 1.165) is 0 Å². The zero-order valence-electron chi connectivity index (χ0n) is 16.9. The quantitative estimate of drug-likeness (QED) is 0.668. The molecule has 1 fully saturated rings. The molecule has 0 radical (unpaired) electrons. The molecule has 12 heteroatoms. The van der Waals surface area contributed by atoms with Gasteiger partial charge in [-0.2, -0.15) is 10.4 Å². The molecule has 2 aromatic rings. The van der Waals surface area contributed by atoms with E-state index in [-0.39, 0.29) is 30.9 Å². The third-order valence-electron chi connectivity index (χ3n) is 5.06. The van der Waals surface area contributed by atoms with Gasteiger partial charge < -0.3 is 20.7 Å². The predicted octanol–water partition coefficient (Wildman–Crippen LogP) is 2.70. The number of carbonyl (C=O) groups excluding carboxylic acids is 2. The van der Waals surface area contributed by atoms with Gasteiger partial charge in [0.15, 0.2) is 11.9 Å². The summed E-state index contributed by atoms with van der Waals surface area (Å²) < 4.78 is 44.7. The first-order valence-electron chi connectivity index (χ1n) is 9.74. The fourth-order valence-corrected chi connectivity index (χ4v) is 3.34. The smallest absolute Gasteiger partial charge is 0.410 e. The van der Waals surface area contributed by atoms with Crippen molar-refractivity contribution in [3.63, 3.8) is 0 Å². The number of anilines is 2. The number of nitrogens with two attached hydrogens (primary N) is 1. The van der Waals surface area contributed by atoms with Crippen LogP contribution in [0.3, 0.4) is 0 Å². The molecular weight excluding hydrogens is 429 g/mol. The van der Waals surface area contributed by atoms with Gasteiger partial charge in [0.05, 0.1) is 18.0 Å². The number of hydrogen-bond acceptors (Lipinski definition) is 6. The highest BCUT2D eigenvalue weighted by Crippen LogP contribution is 2.30. The monoisotopic (exact) mass is 450 g/mol. The standard InChI is InChI=1S/C20H21F3N6O3/c21-7-15(8-22)32-20(31)28-6-5-12(9-24)17(11-28)29-10-16(18(25)30)19(27-29)26-14-3-1-13(23)2-4-14/h1-4,10,12,15,17H,5-8,11H2,(H2,25,30)(H,26,27)/t12-,17?/m0/s1. The number of nitrogens with one attached hydrogen (secondary N) is 1. The van der Waals surface area contributed by atoms with Crippen molar-refractivity contribution < 1.29 is 27.5 Å². The number of halogens is 3. The molecule has 3 N–H and O–H groups in total. The lowest BCUT2D eigenvalue weighted by atomic mass is 9.93. The second-order valence-corrected chi connectivity index (χ2v) is 7.22. The molecule has 0 saturated carbocycles. The van der Waals surface area contributed by atoms with Gasteiger partial charge in [-0.15, -0.1) is 0 Å². The summed E-state index contributed by atoms with van der Waals surface area (Å²) in [5.41, 5.74) is 5.93. The Balaban J connectivity index is 1.85. The molecule has 32 heavy (non-hydrogen) atoms. The number of likely N-dealkylation sites (tertiary alicyclic amines) is 1. The van der Waals surface area contributed by atoms with Crippen molar-refractivity contribution in [2.45, 2.75) is 18.6 Å². The summed E-state index contributed by atoms with van der Waals surface area (Å²) in [5, 5.41) is 16.7. The number of nitriles is 1. The Bertz CT molecular complexity index is 1000. The van der Waals surface area contributed by atoms with E-state index < -0.39 is 49.2 Å². The number of ether oxygens (including phenoxy) is 1. The molecule has 0 aliphatic carbocycles. The molecule has 2 heterocycles. The summed E-state index contributed by atoms with van der Waals surface area (Å²) in [6.07, 6.45) is -0.784. The van der Waals surface area contributed by atoms with Crippen LogP contribution in [-0.2, 0) is 4.74 Å². The normalized spacial score (nSPS) is 18.3. The number of nitrogens with zero attached hydrogens (tertiary/aromatic N) is 4. The van der Waals surface area contributed by atoms with Crippen LogP contribution in [0, 0.1) is 23.1 Å². The third-order valence-corrected chi connectivity index (χ3v) is 5.06. The zero-order valence-corrected chi connectivity index (χ0v) is 16.9. The maximum Gasteiger partial charge on any atom is 0.410 e. The first-order valence-corrected chi connectivity index (χ1v) is 9.74. The number of benzene rings is 1. The molecule has 2 atom stereocenters. The van der Waals surface area contributed by atoms with Gasteiger partial charge in [0.25, 0.3) is 5.91 Å². The number of rotatable bonds is 7. The molecule has 1 aromatic heterocycles. The number of amides is 2. The van der Waals surface area contributed by atoms with E-state index in [2.05, 4.69) is 16.5 Å². The fourth-order valence-electron chi connectivity index (χ4n) is 3.34. The second-order valence-electron chi connectivity index (χ2n) is 7.22. The van der Waals surface area contributed by atoms with Crippen molar-refractivity contribution in [3.8, 4) is 6.07 Å². The lowest BCUT2D eigenvalue weighted by Gasteiger charge is -2.35. The van der Waals surface area contributed by atoms with Crippen molar-refractivity contribution in [2.24, 2.45) is 11.7 Å². The minimum atomic E-state index is -1.49. The van der Waals surface area contributed by atoms with Crippen LogP contribution in [0.15, 0.2) is 30.5 Å². The molecule has 1 aliphatic heterocycles. The fraction of sp³-hybridized carbons (Fsp3) is 0.400. The van der Waals surface area contributed by atoms with E-state index in [9.17, 15) is 28.0 Å². The molecule has 1 saturated heterocycles. The number of hydrogen-bond donors (Lipinski definition) is 2. The molecule has 1 unspecified atom stereocenters. The lowest BCUT2D eigenvalue weighted by Crippen LogP contribution is -2.46. The first kappa shape index (κ1) is 22.9. The second kappa shape index (κ2) is 10.0. The summed E-state index contributed by atoms with van der Waals surface area (Å²) >= 11 is 0. The summed E-state index contributed by atoms with van der Waals surface area (Å²) in [6, 6.07) is 6.82. The highest BCUT2D eigenvalue weighted by molar-refractivity contribution is 5.98. The van der Waals surface area contributed by atoms with Crippen LogP contribution < -0.4 is 11.1 Å². The molecule has 9 nitrogen and oxygen atoms in total. The average molecular weight is 450 g/mol. The van der Waals surface area contributed by atoms with Crippen LogP contribution in [0.4, 0.5) is 29.5 Å². The van der Waals surface area contributed by atoms with E-state index in [1.807, 2.05) is 0 Å². The van der Waals surface area contributed by atoms with Crippen molar-refractivity contribution in [3.05, 3.63) is 41.8 Å². The molecule has 1 aliphatic rings. The van der Waals surface area contributed by atoms with Gasteiger partial charge in [-0.05, 0) is 30.7 Å². The summed E-state index contributed by atoms with van der Waals surface area (Å²) in [7, 11) is 0. The molecule has 2 amide bonds. The van der Waals surface area contributed by atoms with Gasteiger partial charge in [0.1, 0.15) is 24.7 Å². The van der Waals surface area contributed by atoms with E-state index in [4.69, 9.17) is 10.5 Å². The number of alkyl halides is 2. The highest BCUT2D eigenvalue weighted by Gasteiger charge is 2.35. The number of primary amides is 1.